The van der Waals surface area contributed by atoms with Crippen molar-refractivity contribution in [1.82, 2.24) is 29.3 Å². The molecule has 0 unspecified atom stereocenters. The first-order chi connectivity index (χ1) is 9.09. The fourth-order valence-corrected chi connectivity index (χ4v) is 2.43. The number of aromatic nitrogens is 4. The number of rotatable bonds is 2. The second kappa shape index (κ2) is 4.32. The van der Waals surface area contributed by atoms with Crippen molar-refractivity contribution in [2.75, 3.05) is 13.1 Å². The highest BCUT2D eigenvalue weighted by molar-refractivity contribution is 5.69. The Morgan fingerprint density at radius 1 is 1.26 bits per heavy atom. The third-order valence-electron chi connectivity index (χ3n) is 3.50. The van der Waals surface area contributed by atoms with E-state index in [1.807, 2.05) is 0 Å². The second-order valence-corrected chi connectivity index (χ2v) is 4.74. The number of nitrogens with zero attached hydrogens (tertiary/aromatic N) is 4. The van der Waals surface area contributed by atoms with Crippen LogP contribution in [0.25, 0.3) is 11.2 Å². The molecule has 0 atom stereocenters. The Morgan fingerprint density at radius 3 is 2.63 bits per heavy atom. The Labute approximate surface area is 108 Å². The lowest BCUT2D eigenvalue weighted by Gasteiger charge is -2.12. The molecular weight excluding hydrogens is 248 g/mol. The molecule has 1 aliphatic heterocycles. The molecule has 0 radical (unpaired) electrons. The molecule has 1 aliphatic rings. The monoisotopic (exact) mass is 264 g/mol. The van der Waals surface area contributed by atoms with Gasteiger partial charge < -0.3 is 4.57 Å². The average Bonchev–Trinajstić information content (AvgIpc) is 3.04. The molecule has 2 aromatic rings. The predicted octanol–water partition coefficient (Wildman–Crippen LogP) is -2.05. The van der Waals surface area contributed by atoms with Crippen molar-refractivity contribution in [1.29, 1.82) is 0 Å². The van der Waals surface area contributed by atoms with Crippen LogP contribution in [0, 0.1) is 0 Å². The highest BCUT2D eigenvalue weighted by Gasteiger charge is 2.18. The average molecular weight is 264 g/mol. The molecule has 0 bridgehead atoms. The molecule has 0 spiro atoms. The Balaban J connectivity index is 2.17. The van der Waals surface area contributed by atoms with Crippen LogP contribution in [0.2, 0.25) is 0 Å². The first-order valence-corrected chi connectivity index (χ1v) is 6.17. The van der Waals surface area contributed by atoms with E-state index in [-0.39, 0.29) is 17.4 Å². The van der Waals surface area contributed by atoms with Gasteiger partial charge in [0.15, 0.2) is 11.2 Å². The first kappa shape index (κ1) is 12.1. The SMILES string of the molecule is Cn1c(=O)c2c(ncn2CC2NCCN2)n(C)c1=O. The number of aryl methyl sites for hydroxylation is 1. The molecule has 3 heterocycles. The van der Waals surface area contributed by atoms with Crippen LogP contribution in [-0.4, -0.2) is 37.9 Å². The fourth-order valence-electron chi connectivity index (χ4n) is 2.43. The van der Waals surface area contributed by atoms with E-state index in [1.54, 1.807) is 17.9 Å². The summed E-state index contributed by atoms with van der Waals surface area (Å²) in [7, 11) is 3.10. The van der Waals surface area contributed by atoms with Crippen LogP contribution < -0.4 is 21.9 Å². The molecule has 2 aromatic heterocycles. The number of hydrogen-bond acceptors (Lipinski definition) is 5. The van der Waals surface area contributed by atoms with Gasteiger partial charge in [-0.3, -0.25) is 24.6 Å². The van der Waals surface area contributed by atoms with Crippen LogP contribution in [0.3, 0.4) is 0 Å². The summed E-state index contributed by atoms with van der Waals surface area (Å²) in [6.07, 6.45) is 1.73. The summed E-state index contributed by atoms with van der Waals surface area (Å²) in [5, 5.41) is 6.57. The van der Waals surface area contributed by atoms with Crippen molar-refractivity contribution in [3.05, 3.63) is 27.2 Å². The van der Waals surface area contributed by atoms with E-state index >= 15 is 0 Å². The summed E-state index contributed by atoms with van der Waals surface area (Å²) in [4.78, 5) is 28.2. The van der Waals surface area contributed by atoms with Gasteiger partial charge in [0.2, 0.25) is 0 Å². The van der Waals surface area contributed by atoms with Gasteiger partial charge >= 0.3 is 5.69 Å². The normalized spacial score (nSPS) is 16.5. The lowest BCUT2D eigenvalue weighted by molar-refractivity contribution is 0.477. The molecule has 8 heteroatoms. The van der Waals surface area contributed by atoms with Crippen LogP contribution in [0.4, 0.5) is 0 Å². The Morgan fingerprint density at radius 2 is 1.95 bits per heavy atom. The predicted molar refractivity (Wildman–Crippen MR) is 70.0 cm³/mol. The standard InChI is InChI=1S/C11H16N6O2/c1-15-9-8(10(18)16(2)11(15)19)17(6-14-9)5-7-12-3-4-13-7/h6-7,12-13H,3-5H2,1-2H3. The molecule has 1 fully saturated rings. The summed E-state index contributed by atoms with van der Waals surface area (Å²) >= 11 is 0. The van der Waals surface area contributed by atoms with E-state index in [1.165, 1.54) is 11.6 Å². The van der Waals surface area contributed by atoms with E-state index in [0.717, 1.165) is 17.7 Å². The summed E-state index contributed by atoms with van der Waals surface area (Å²) < 4.78 is 4.28. The maximum atomic E-state index is 12.2. The summed E-state index contributed by atoms with van der Waals surface area (Å²) in [5.74, 6) is 0. The van der Waals surface area contributed by atoms with Gasteiger partial charge in [0.1, 0.15) is 0 Å². The molecule has 1 saturated heterocycles. The lowest BCUT2D eigenvalue weighted by Crippen LogP contribution is -2.39. The zero-order valence-corrected chi connectivity index (χ0v) is 10.9. The van der Waals surface area contributed by atoms with Gasteiger partial charge in [-0.05, 0) is 0 Å². The van der Waals surface area contributed by atoms with E-state index in [4.69, 9.17) is 0 Å². The zero-order chi connectivity index (χ0) is 13.6. The molecule has 2 N–H and O–H groups in total. The number of fused-ring (bicyclic) bond motifs is 1. The Hall–Kier alpha value is -1.93. The maximum Gasteiger partial charge on any atom is 0.332 e. The third kappa shape index (κ3) is 1.80. The largest absolute Gasteiger partial charge is 0.332 e. The summed E-state index contributed by atoms with van der Waals surface area (Å²) in [6, 6.07) is 0. The minimum atomic E-state index is -0.361. The van der Waals surface area contributed by atoms with Crippen molar-refractivity contribution in [2.45, 2.75) is 12.7 Å². The topological polar surface area (TPSA) is 85.9 Å². The Kier molecular flexibility index (Phi) is 2.76. The van der Waals surface area contributed by atoms with E-state index < -0.39 is 0 Å². The van der Waals surface area contributed by atoms with Gasteiger partial charge in [0.25, 0.3) is 5.56 Å². The molecule has 0 amide bonds. The molecule has 0 saturated carbocycles. The van der Waals surface area contributed by atoms with Gasteiger partial charge in [-0.15, -0.1) is 0 Å². The highest BCUT2D eigenvalue weighted by Crippen LogP contribution is 2.06. The van der Waals surface area contributed by atoms with E-state index in [0.29, 0.717) is 17.7 Å². The van der Waals surface area contributed by atoms with Gasteiger partial charge in [-0.1, -0.05) is 0 Å². The second-order valence-electron chi connectivity index (χ2n) is 4.74. The van der Waals surface area contributed by atoms with Gasteiger partial charge in [-0.2, -0.15) is 0 Å². The molecule has 19 heavy (non-hydrogen) atoms. The smallest absolute Gasteiger partial charge is 0.322 e. The molecule has 8 nitrogen and oxygen atoms in total. The van der Waals surface area contributed by atoms with Crippen LogP contribution in [-0.2, 0) is 20.6 Å². The number of imidazole rings is 1. The Bertz CT molecular complexity index is 734. The lowest BCUT2D eigenvalue weighted by atomic mass is 10.4. The number of nitrogens with one attached hydrogen (secondary N) is 2. The third-order valence-corrected chi connectivity index (χ3v) is 3.50. The minimum absolute atomic E-state index is 0.124. The molecule has 3 rings (SSSR count). The van der Waals surface area contributed by atoms with Crippen LogP contribution >= 0.6 is 0 Å². The number of hydrogen-bond donors (Lipinski definition) is 2. The van der Waals surface area contributed by atoms with Gasteiger partial charge in [-0.25, -0.2) is 9.78 Å². The summed E-state index contributed by atoms with van der Waals surface area (Å²) in [6.45, 7) is 2.42. The fraction of sp³-hybridized carbons (Fsp3) is 0.545. The van der Waals surface area contributed by atoms with Crippen molar-refractivity contribution in [3.63, 3.8) is 0 Å². The van der Waals surface area contributed by atoms with E-state index in [2.05, 4.69) is 15.6 Å². The van der Waals surface area contributed by atoms with Crippen LogP contribution in [0.5, 0.6) is 0 Å². The summed E-state index contributed by atoms with van der Waals surface area (Å²) in [5.41, 5.74) is 0.208. The maximum absolute atomic E-state index is 12.2. The molecular formula is C11H16N6O2. The quantitative estimate of drug-likeness (QED) is 0.652. The van der Waals surface area contributed by atoms with Crippen LogP contribution in [0.1, 0.15) is 0 Å². The highest BCUT2D eigenvalue weighted by atomic mass is 16.2. The van der Waals surface area contributed by atoms with Gasteiger partial charge in [0, 0.05) is 27.2 Å². The van der Waals surface area contributed by atoms with E-state index in [9.17, 15) is 9.59 Å². The molecule has 102 valence electrons. The van der Waals surface area contributed by atoms with Gasteiger partial charge in [0.05, 0.1) is 19.0 Å². The minimum Gasteiger partial charge on any atom is -0.322 e. The van der Waals surface area contributed by atoms with Crippen molar-refractivity contribution in [2.24, 2.45) is 14.1 Å². The first-order valence-electron chi connectivity index (χ1n) is 6.17. The zero-order valence-electron chi connectivity index (χ0n) is 10.9. The van der Waals surface area contributed by atoms with Crippen molar-refractivity contribution < 1.29 is 0 Å². The van der Waals surface area contributed by atoms with Crippen LogP contribution in [0.15, 0.2) is 15.9 Å². The molecule has 0 aromatic carbocycles. The molecule has 0 aliphatic carbocycles. The van der Waals surface area contributed by atoms with Crippen molar-refractivity contribution in [3.8, 4) is 0 Å². The van der Waals surface area contributed by atoms with Crippen molar-refractivity contribution >= 4 is 11.2 Å².